The van der Waals surface area contributed by atoms with Crippen molar-refractivity contribution in [3.05, 3.63) is 206 Å². The molecule has 0 atom stereocenters. The molecule has 2 heterocycles. The van der Waals surface area contributed by atoms with Gasteiger partial charge in [0, 0.05) is 38.8 Å². The van der Waals surface area contributed by atoms with Gasteiger partial charge in [-0.1, -0.05) is 146 Å². The summed E-state index contributed by atoms with van der Waals surface area (Å²) in [5.74, 6) is 0. The summed E-state index contributed by atoms with van der Waals surface area (Å²) in [6.45, 7) is 0. The Morgan fingerprint density at radius 2 is 0.982 bits per heavy atom. The van der Waals surface area contributed by atoms with Gasteiger partial charge < -0.3 is 13.9 Å². The fourth-order valence-electron chi connectivity index (χ4n) is 9.19. The molecule has 0 saturated carbocycles. The highest BCUT2D eigenvalue weighted by Gasteiger charge is 2.24. The highest BCUT2D eigenvalue weighted by molar-refractivity contribution is 6.19. The molecule has 57 heavy (non-hydrogen) atoms. The van der Waals surface area contributed by atoms with Gasteiger partial charge in [0.1, 0.15) is 11.2 Å². The lowest BCUT2D eigenvalue weighted by Gasteiger charge is -2.27. The van der Waals surface area contributed by atoms with E-state index in [9.17, 15) is 0 Å². The lowest BCUT2D eigenvalue weighted by atomic mass is 9.95. The largest absolute Gasteiger partial charge is 0.455 e. The minimum absolute atomic E-state index is 0.867. The Labute approximate surface area is 328 Å². The van der Waals surface area contributed by atoms with E-state index < -0.39 is 0 Å². The maximum absolute atomic E-state index is 6.92. The Bertz CT molecular complexity index is 3530. The van der Waals surface area contributed by atoms with Crippen molar-refractivity contribution in [2.45, 2.75) is 0 Å². The number of rotatable bonds is 5. The van der Waals surface area contributed by atoms with Crippen molar-refractivity contribution in [1.82, 2.24) is 4.57 Å². The van der Waals surface area contributed by atoms with E-state index in [4.69, 9.17) is 4.42 Å². The number of fused-ring (bicyclic) bond motifs is 10. The second kappa shape index (κ2) is 12.5. The summed E-state index contributed by atoms with van der Waals surface area (Å²) >= 11 is 0. The van der Waals surface area contributed by atoms with E-state index in [1.165, 1.54) is 48.6 Å². The first-order chi connectivity index (χ1) is 28.3. The van der Waals surface area contributed by atoms with Crippen molar-refractivity contribution >= 4 is 93.1 Å². The van der Waals surface area contributed by atoms with E-state index in [0.717, 1.165) is 61.3 Å². The lowest BCUT2D eigenvalue weighted by molar-refractivity contribution is 0.670. The topological polar surface area (TPSA) is 21.3 Å². The van der Waals surface area contributed by atoms with Gasteiger partial charge in [-0.25, -0.2) is 0 Å². The maximum atomic E-state index is 6.92. The highest BCUT2D eigenvalue weighted by Crippen LogP contribution is 2.48. The van der Waals surface area contributed by atoms with E-state index in [-0.39, 0.29) is 0 Å². The molecule has 0 aliphatic heterocycles. The first-order valence-corrected chi connectivity index (χ1v) is 19.5. The molecule has 12 rings (SSSR count). The van der Waals surface area contributed by atoms with E-state index >= 15 is 0 Å². The molecular weight excluding hydrogens is 693 g/mol. The van der Waals surface area contributed by atoms with Crippen LogP contribution in [0.3, 0.4) is 0 Å². The fourth-order valence-corrected chi connectivity index (χ4v) is 9.19. The van der Waals surface area contributed by atoms with Gasteiger partial charge in [0.05, 0.1) is 22.1 Å². The van der Waals surface area contributed by atoms with Crippen LogP contribution in [0.2, 0.25) is 0 Å². The number of para-hydroxylation sites is 3. The van der Waals surface area contributed by atoms with Crippen LogP contribution in [0, 0.1) is 0 Å². The van der Waals surface area contributed by atoms with Crippen LogP contribution in [0.4, 0.5) is 17.1 Å². The van der Waals surface area contributed by atoms with Crippen LogP contribution >= 0.6 is 0 Å². The molecule has 0 spiro atoms. The summed E-state index contributed by atoms with van der Waals surface area (Å²) in [6.07, 6.45) is 0. The minimum Gasteiger partial charge on any atom is -0.455 e. The van der Waals surface area contributed by atoms with Crippen LogP contribution < -0.4 is 4.90 Å². The van der Waals surface area contributed by atoms with Crippen molar-refractivity contribution < 1.29 is 4.42 Å². The van der Waals surface area contributed by atoms with Crippen LogP contribution in [0.5, 0.6) is 0 Å². The molecule has 12 aromatic rings. The standard InChI is InChI=1S/C54H34N2O/c1-2-16-38(17-3-1)56-49-23-10-8-20-45(49)46-30-28-40(34-51(46)56)55(39-27-29-43-37(33-39)26-25-36-14-5-6-18-41(36)43)50-32-31-47(44-22-12-15-35-13-4-7-19-42(35)44)54-53(50)48-21-9-11-24-52(48)57-54/h1-34H. The summed E-state index contributed by atoms with van der Waals surface area (Å²) in [5, 5.41) is 11.9. The number of benzene rings is 10. The predicted molar refractivity (Wildman–Crippen MR) is 241 cm³/mol. The van der Waals surface area contributed by atoms with Crippen LogP contribution in [0.1, 0.15) is 0 Å². The second-order valence-corrected chi connectivity index (χ2v) is 14.9. The van der Waals surface area contributed by atoms with E-state index in [1.54, 1.807) is 0 Å². The van der Waals surface area contributed by atoms with Gasteiger partial charge >= 0.3 is 0 Å². The molecule has 0 saturated heterocycles. The smallest absolute Gasteiger partial charge is 0.145 e. The Morgan fingerprint density at radius 1 is 0.368 bits per heavy atom. The van der Waals surface area contributed by atoms with E-state index in [1.807, 2.05) is 0 Å². The SMILES string of the molecule is c1ccc(-n2c3ccccc3c3ccc(N(c4ccc5c(ccc6ccccc65)c4)c4ccc(-c5cccc6ccccc56)c5oc6ccccc6c45)cc32)cc1. The average Bonchev–Trinajstić information content (AvgIpc) is 3.83. The van der Waals surface area contributed by atoms with Crippen LogP contribution in [0.25, 0.3) is 92.9 Å². The first kappa shape index (κ1) is 31.7. The normalized spacial score (nSPS) is 11.9. The first-order valence-electron chi connectivity index (χ1n) is 19.5. The van der Waals surface area contributed by atoms with Gasteiger partial charge in [-0.15, -0.1) is 0 Å². The van der Waals surface area contributed by atoms with Crippen LogP contribution in [-0.4, -0.2) is 4.57 Å². The molecule has 2 aromatic heterocycles. The third kappa shape index (κ3) is 4.86. The molecule has 3 heteroatoms. The summed E-state index contributed by atoms with van der Waals surface area (Å²) in [4.78, 5) is 2.43. The number of nitrogens with zero attached hydrogens (tertiary/aromatic N) is 2. The molecule has 0 unspecified atom stereocenters. The van der Waals surface area contributed by atoms with Crippen LogP contribution in [-0.2, 0) is 0 Å². The monoisotopic (exact) mass is 726 g/mol. The van der Waals surface area contributed by atoms with E-state index in [2.05, 4.69) is 216 Å². The molecule has 0 aliphatic rings. The van der Waals surface area contributed by atoms with Crippen molar-refractivity contribution in [1.29, 1.82) is 0 Å². The van der Waals surface area contributed by atoms with Crippen LogP contribution in [0.15, 0.2) is 211 Å². The predicted octanol–water partition coefficient (Wildman–Crippen LogP) is 15.3. The Hall–Kier alpha value is -7.62. The molecule has 0 radical (unpaired) electrons. The molecule has 0 bridgehead atoms. The van der Waals surface area contributed by atoms with Gasteiger partial charge in [0.2, 0.25) is 0 Å². The summed E-state index contributed by atoms with van der Waals surface area (Å²) in [7, 11) is 0. The molecule has 0 fully saturated rings. The number of hydrogen-bond acceptors (Lipinski definition) is 2. The molecule has 0 N–H and O–H groups in total. The molecule has 0 aliphatic carbocycles. The molecular formula is C54H34N2O. The van der Waals surface area contributed by atoms with Gasteiger partial charge in [-0.3, -0.25) is 0 Å². The number of hydrogen-bond donors (Lipinski definition) is 0. The minimum atomic E-state index is 0.867. The Kier molecular flexibility index (Phi) is 6.93. The number of anilines is 3. The molecule has 3 nitrogen and oxygen atoms in total. The van der Waals surface area contributed by atoms with Gasteiger partial charge in [0.25, 0.3) is 0 Å². The number of aromatic nitrogens is 1. The second-order valence-electron chi connectivity index (χ2n) is 14.9. The molecule has 0 amide bonds. The Balaban J connectivity index is 1.18. The van der Waals surface area contributed by atoms with Crippen molar-refractivity contribution in [2.75, 3.05) is 4.90 Å². The fraction of sp³-hybridized carbons (Fsp3) is 0. The number of furan rings is 1. The summed E-state index contributed by atoms with van der Waals surface area (Å²) in [6, 6.07) is 74.5. The van der Waals surface area contributed by atoms with Crippen molar-refractivity contribution in [3.8, 4) is 16.8 Å². The Morgan fingerprint density at radius 3 is 1.84 bits per heavy atom. The third-order valence-electron chi connectivity index (χ3n) is 11.7. The molecule has 10 aromatic carbocycles. The van der Waals surface area contributed by atoms with E-state index in [0.29, 0.717) is 0 Å². The quantitative estimate of drug-likeness (QED) is 0.165. The zero-order valence-electron chi connectivity index (χ0n) is 30.9. The van der Waals surface area contributed by atoms with Gasteiger partial charge in [-0.05, 0) is 98.5 Å². The molecule has 266 valence electrons. The lowest BCUT2D eigenvalue weighted by Crippen LogP contribution is -2.11. The summed E-state index contributed by atoms with van der Waals surface area (Å²) < 4.78 is 9.32. The van der Waals surface area contributed by atoms with Gasteiger partial charge in [0.15, 0.2) is 0 Å². The third-order valence-corrected chi connectivity index (χ3v) is 11.7. The average molecular weight is 727 g/mol. The van der Waals surface area contributed by atoms with Crippen molar-refractivity contribution in [3.63, 3.8) is 0 Å². The summed E-state index contributed by atoms with van der Waals surface area (Å²) in [5.41, 5.74) is 10.6. The van der Waals surface area contributed by atoms with Gasteiger partial charge in [-0.2, -0.15) is 0 Å². The highest BCUT2D eigenvalue weighted by atomic mass is 16.3. The maximum Gasteiger partial charge on any atom is 0.145 e. The zero-order valence-corrected chi connectivity index (χ0v) is 30.9. The zero-order chi connectivity index (χ0) is 37.5. The van der Waals surface area contributed by atoms with Crippen molar-refractivity contribution in [2.24, 2.45) is 0 Å².